The lowest BCUT2D eigenvalue weighted by atomic mass is 9.36. The summed E-state index contributed by atoms with van der Waals surface area (Å²) in [6.45, 7) is 56.1. The molecule has 408 valence electrons. The third-order valence-electron chi connectivity index (χ3n) is 19.5. The molecule has 0 N–H and O–H groups in total. The predicted molar refractivity (Wildman–Crippen MR) is 345 cm³/mol. The quantitative estimate of drug-likeness (QED) is 0.163. The van der Waals surface area contributed by atoms with Crippen LogP contribution in [0.1, 0.15) is 235 Å². The first-order chi connectivity index (χ1) is 35.8. The number of fused-ring (bicyclic) bond motifs is 8. The van der Waals surface area contributed by atoms with Crippen LogP contribution in [-0.2, 0) is 48.7 Å². The zero-order valence-corrected chi connectivity index (χ0v) is 53.3. The van der Waals surface area contributed by atoms with Crippen LogP contribution in [0.2, 0.25) is 0 Å². The summed E-state index contributed by atoms with van der Waals surface area (Å²) < 4.78 is 2.79. The third kappa shape index (κ3) is 8.77. The minimum absolute atomic E-state index is 0.00502. The lowest BCUT2D eigenvalue weighted by Gasteiger charge is -2.50. The molecule has 7 aromatic rings. The molecule has 11 rings (SSSR count). The van der Waals surface area contributed by atoms with Crippen LogP contribution in [0.3, 0.4) is 0 Å². The molecule has 2 aliphatic carbocycles. The van der Waals surface area contributed by atoms with Gasteiger partial charge in [-0.1, -0.05) is 202 Å². The molecule has 4 heteroatoms. The highest BCUT2D eigenvalue weighted by atomic mass is 32.1. The van der Waals surface area contributed by atoms with E-state index in [-0.39, 0.29) is 55.4 Å². The Kier molecular flexibility index (Phi) is 12.1. The van der Waals surface area contributed by atoms with Gasteiger partial charge in [-0.05, 0) is 201 Å². The lowest BCUT2D eigenvalue weighted by molar-refractivity contribution is 0.314. The van der Waals surface area contributed by atoms with Crippen molar-refractivity contribution in [3.63, 3.8) is 0 Å². The molecule has 0 radical (unpaired) electrons. The second-order valence-electron chi connectivity index (χ2n) is 32.5. The summed E-state index contributed by atoms with van der Waals surface area (Å²) in [5.74, 6) is 0. The Balaban J connectivity index is 1.39. The van der Waals surface area contributed by atoms with Crippen molar-refractivity contribution >= 4 is 78.0 Å². The Morgan fingerprint density at radius 1 is 0.410 bits per heavy atom. The molecule has 0 bridgehead atoms. The first kappa shape index (κ1) is 54.9. The smallest absolute Gasteiger partial charge is 0.264 e. The molecule has 0 amide bonds. The van der Waals surface area contributed by atoms with Gasteiger partial charge in [0.1, 0.15) is 0 Å². The summed E-state index contributed by atoms with van der Waals surface area (Å²) >= 11 is 2.03. The maximum absolute atomic E-state index is 2.80. The van der Waals surface area contributed by atoms with Crippen LogP contribution in [0.5, 0.6) is 0 Å². The van der Waals surface area contributed by atoms with Crippen LogP contribution >= 0.6 is 11.3 Å². The summed E-state index contributed by atoms with van der Waals surface area (Å²) in [6, 6.07) is 40.4. The summed E-state index contributed by atoms with van der Waals surface area (Å²) in [5, 5.41) is 1.35. The number of benzene rings is 6. The Morgan fingerprint density at radius 2 is 0.859 bits per heavy atom. The molecule has 2 nitrogen and oxygen atoms in total. The molecule has 78 heavy (non-hydrogen) atoms. The van der Waals surface area contributed by atoms with Crippen LogP contribution in [0.4, 0.5) is 34.1 Å². The van der Waals surface area contributed by atoms with Crippen LogP contribution < -0.4 is 25.5 Å². The number of hydrogen-bond donors (Lipinski definition) is 0. The molecular formula is C74H93BN2S. The molecule has 0 spiro atoms. The summed E-state index contributed by atoms with van der Waals surface area (Å²) in [4.78, 5) is 5.49. The number of anilines is 6. The van der Waals surface area contributed by atoms with Gasteiger partial charge in [-0.3, -0.25) is 0 Å². The average Bonchev–Trinajstić information content (AvgIpc) is 3.74. The number of nitrogens with zero attached hydrogens (tertiary/aromatic N) is 2. The van der Waals surface area contributed by atoms with E-state index in [1.807, 2.05) is 11.3 Å². The lowest BCUT2D eigenvalue weighted by Crippen LogP contribution is -2.60. The third-order valence-corrected chi connectivity index (χ3v) is 20.7. The van der Waals surface area contributed by atoms with Gasteiger partial charge in [-0.15, -0.1) is 11.3 Å². The van der Waals surface area contributed by atoms with Gasteiger partial charge in [0.05, 0.1) is 5.69 Å². The molecule has 6 aromatic carbocycles. The van der Waals surface area contributed by atoms with Crippen LogP contribution in [0.15, 0.2) is 97.1 Å². The monoisotopic (exact) mass is 1050 g/mol. The van der Waals surface area contributed by atoms with Crippen molar-refractivity contribution in [1.29, 1.82) is 0 Å². The molecule has 0 atom stereocenters. The van der Waals surface area contributed by atoms with Gasteiger partial charge >= 0.3 is 0 Å². The Morgan fingerprint density at radius 3 is 1.36 bits per heavy atom. The van der Waals surface area contributed by atoms with Gasteiger partial charge < -0.3 is 9.80 Å². The Hall–Kier alpha value is -5.06. The summed E-state index contributed by atoms with van der Waals surface area (Å²) in [7, 11) is 0. The van der Waals surface area contributed by atoms with E-state index in [0.717, 1.165) is 12.8 Å². The maximum atomic E-state index is 2.80. The van der Waals surface area contributed by atoms with E-state index in [4.69, 9.17) is 0 Å². The fourth-order valence-electron chi connectivity index (χ4n) is 14.0. The van der Waals surface area contributed by atoms with Crippen LogP contribution in [-0.4, -0.2) is 6.71 Å². The predicted octanol–water partition coefficient (Wildman–Crippen LogP) is 19.8. The Bertz CT molecular complexity index is 3510. The highest BCUT2D eigenvalue weighted by Crippen LogP contribution is 2.59. The van der Waals surface area contributed by atoms with E-state index in [1.165, 1.54) is 112 Å². The SMILES string of the molecule is CC(C)(C)c1ccc(N2c3ccc(C(C)(C)C)cc3B3c4sc5ccc(C(C)(C)C)cc5c4N(c4cc(C(C)(C)C)cc(C(C)(C)C)c4)c4cc(-c5c6c(cc7c5C(C)(C)CCC7(C)C)C(C)(C)CCC6(C)C)cc2c43)cc1. The summed E-state index contributed by atoms with van der Waals surface area (Å²) in [6.07, 6.45) is 4.66. The van der Waals surface area contributed by atoms with Gasteiger partial charge in [-0.2, -0.15) is 0 Å². The molecular weight excluding hydrogens is 960 g/mol. The van der Waals surface area contributed by atoms with Gasteiger partial charge in [0.15, 0.2) is 0 Å². The number of rotatable bonds is 3. The van der Waals surface area contributed by atoms with Crippen molar-refractivity contribution in [2.24, 2.45) is 0 Å². The molecule has 0 fully saturated rings. The normalized spacial score (nSPS) is 18.3. The molecule has 1 aromatic heterocycles. The zero-order valence-electron chi connectivity index (χ0n) is 52.4. The minimum atomic E-state index is -0.0776. The topological polar surface area (TPSA) is 6.48 Å². The molecule has 0 saturated heterocycles. The van der Waals surface area contributed by atoms with Gasteiger partial charge in [0.25, 0.3) is 6.71 Å². The number of thiophene rings is 1. The van der Waals surface area contributed by atoms with Crippen LogP contribution in [0.25, 0.3) is 21.2 Å². The fourth-order valence-corrected chi connectivity index (χ4v) is 15.3. The molecule has 0 saturated carbocycles. The van der Waals surface area contributed by atoms with E-state index < -0.39 is 0 Å². The van der Waals surface area contributed by atoms with Crippen molar-refractivity contribution < 1.29 is 0 Å². The fraction of sp³-hybridized carbons (Fsp3) is 0.486. The van der Waals surface area contributed by atoms with Crippen molar-refractivity contribution in [3.8, 4) is 11.1 Å². The molecule has 2 aliphatic heterocycles. The maximum Gasteiger partial charge on any atom is 0.264 e. The number of hydrogen-bond acceptors (Lipinski definition) is 3. The van der Waals surface area contributed by atoms with Gasteiger partial charge in [0, 0.05) is 43.3 Å². The first-order valence-electron chi connectivity index (χ1n) is 29.8. The van der Waals surface area contributed by atoms with Crippen LogP contribution in [0, 0.1) is 0 Å². The molecule has 3 heterocycles. The summed E-state index contributed by atoms with van der Waals surface area (Å²) in [5.41, 5.74) is 26.2. The second-order valence-corrected chi connectivity index (χ2v) is 33.6. The molecule has 0 unspecified atom stereocenters. The van der Waals surface area contributed by atoms with E-state index in [2.05, 4.69) is 266 Å². The zero-order chi connectivity index (χ0) is 56.8. The largest absolute Gasteiger partial charge is 0.311 e. The van der Waals surface area contributed by atoms with Crippen molar-refractivity contribution in [3.05, 3.63) is 147 Å². The highest BCUT2D eigenvalue weighted by Gasteiger charge is 2.50. The molecule has 4 aliphatic rings. The van der Waals surface area contributed by atoms with E-state index >= 15 is 0 Å². The van der Waals surface area contributed by atoms with Gasteiger partial charge in [0.2, 0.25) is 0 Å². The Labute approximate surface area is 476 Å². The average molecular weight is 1050 g/mol. The van der Waals surface area contributed by atoms with E-state index in [9.17, 15) is 0 Å². The van der Waals surface area contributed by atoms with Crippen molar-refractivity contribution in [2.75, 3.05) is 9.80 Å². The van der Waals surface area contributed by atoms with Gasteiger partial charge in [-0.25, -0.2) is 0 Å². The van der Waals surface area contributed by atoms with Crippen molar-refractivity contribution in [1.82, 2.24) is 0 Å². The van der Waals surface area contributed by atoms with E-state index in [1.54, 1.807) is 22.3 Å². The minimum Gasteiger partial charge on any atom is -0.311 e. The van der Waals surface area contributed by atoms with E-state index in [0.29, 0.717) is 0 Å². The van der Waals surface area contributed by atoms with Crippen molar-refractivity contribution in [2.45, 2.75) is 234 Å². The standard InChI is InChI=1S/C74H93BN2S/c1-66(2,3)45-24-28-50(29-25-45)76-56-30-26-47(68(7,8)9)42-55(56)75-63-57(76)36-44(60-61-53(71(16,17)32-34-73(61,20)21)43-54-62(60)74(22,23)35-33-72(54,18)19)37-58(63)77(51-39-48(69(10,11)12)38-49(40-51)70(13,14)15)64-52-41-46(67(4,5)6)27-31-59(52)78-65(64)75/h24-31,36-43H,32-35H2,1-23H3. The first-order valence-corrected chi connectivity index (χ1v) is 30.6. The second kappa shape index (κ2) is 17.2. The highest BCUT2D eigenvalue weighted by molar-refractivity contribution is 7.33.